The average molecular weight is 372 g/mol. The van der Waals surface area contributed by atoms with E-state index >= 15 is 0 Å². The number of rotatable bonds is 8. The largest absolute Gasteiger partial charge is 0.497 e. The number of hydrogen-bond acceptors (Lipinski definition) is 7. The van der Waals surface area contributed by atoms with Crippen LogP contribution in [0.1, 0.15) is 5.56 Å². The third-order valence-corrected chi connectivity index (χ3v) is 4.75. The van der Waals surface area contributed by atoms with Crippen LogP contribution in [-0.4, -0.2) is 50.9 Å². The van der Waals surface area contributed by atoms with Gasteiger partial charge in [-0.3, -0.25) is 0 Å². The second kappa shape index (κ2) is 8.68. The van der Waals surface area contributed by atoms with Crippen LogP contribution in [-0.2, 0) is 0 Å². The molecule has 1 aromatic heterocycles. The molecule has 3 aromatic rings. The number of aliphatic hydroxyl groups is 1. The minimum Gasteiger partial charge on any atom is -0.497 e. The van der Waals surface area contributed by atoms with Crippen molar-refractivity contribution in [3.8, 4) is 17.2 Å². The summed E-state index contributed by atoms with van der Waals surface area (Å²) in [5.74, 6) is 1.96. The Morgan fingerprint density at radius 2 is 1.92 bits per heavy atom. The summed E-state index contributed by atoms with van der Waals surface area (Å²) in [6, 6.07) is 15.2. The molecule has 0 spiro atoms. The number of thioether (sulfide) groups is 1. The SMILES string of the molecule is COc1ccc(-n2nnnc2SC[C@@H](O)COc2ccccc2C)cc1. The molecule has 0 aliphatic rings. The number of aromatic nitrogens is 4. The predicted octanol–water partition coefficient (Wildman–Crippen LogP) is 2.51. The highest BCUT2D eigenvalue weighted by Gasteiger charge is 2.13. The maximum Gasteiger partial charge on any atom is 0.214 e. The molecule has 136 valence electrons. The zero-order valence-electron chi connectivity index (χ0n) is 14.6. The van der Waals surface area contributed by atoms with Crippen LogP contribution in [0.5, 0.6) is 11.5 Å². The van der Waals surface area contributed by atoms with Gasteiger partial charge in [0, 0.05) is 5.75 Å². The zero-order valence-corrected chi connectivity index (χ0v) is 15.4. The maximum atomic E-state index is 10.2. The molecule has 1 heterocycles. The molecule has 0 bridgehead atoms. The second-order valence-corrected chi connectivity index (χ2v) is 6.60. The summed E-state index contributed by atoms with van der Waals surface area (Å²) >= 11 is 1.37. The molecule has 3 rings (SSSR count). The van der Waals surface area contributed by atoms with Crippen LogP contribution in [0, 0.1) is 6.92 Å². The Kier molecular flexibility index (Phi) is 6.08. The Morgan fingerprint density at radius 1 is 1.15 bits per heavy atom. The summed E-state index contributed by atoms with van der Waals surface area (Å²) in [5.41, 5.74) is 1.86. The van der Waals surface area contributed by atoms with E-state index in [0.717, 1.165) is 22.7 Å². The molecule has 1 atom stereocenters. The van der Waals surface area contributed by atoms with Crippen molar-refractivity contribution in [3.05, 3.63) is 54.1 Å². The van der Waals surface area contributed by atoms with Crippen LogP contribution in [0.3, 0.4) is 0 Å². The van der Waals surface area contributed by atoms with Gasteiger partial charge < -0.3 is 14.6 Å². The number of aryl methyl sites for hydroxylation is 1. The van der Waals surface area contributed by atoms with Gasteiger partial charge in [-0.2, -0.15) is 4.68 Å². The van der Waals surface area contributed by atoms with E-state index in [4.69, 9.17) is 9.47 Å². The topological polar surface area (TPSA) is 82.3 Å². The van der Waals surface area contributed by atoms with E-state index in [0.29, 0.717) is 10.9 Å². The van der Waals surface area contributed by atoms with Gasteiger partial charge in [-0.1, -0.05) is 30.0 Å². The van der Waals surface area contributed by atoms with Crippen molar-refractivity contribution in [1.29, 1.82) is 0 Å². The van der Waals surface area contributed by atoms with Crippen molar-refractivity contribution < 1.29 is 14.6 Å². The van der Waals surface area contributed by atoms with E-state index in [1.807, 2.05) is 55.5 Å². The Hall–Kier alpha value is -2.58. The molecule has 0 radical (unpaired) electrons. The normalized spacial score (nSPS) is 12.0. The van der Waals surface area contributed by atoms with E-state index in [9.17, 15) is 5.11 Å². The van der Waals surface area contributed by atoms with Crippen molar-refractivity contribution in [2.24, 2.45) is 0 Å². The summed E-state index contributed by atoms with van der Waals surface area (Å²) in [6.07, 6.45) is -0.638. The average Bonchev–Trinajstić information content (AvgIpc) is 3.14. The van der Waals surface area contributed by atoms with E-state index < -0.39 is 6.10 Å². The number of aliphatic hydroxyl groups excluding tert-OH is 1. The number of ether oxygens (including phenoxy) is 2. The first-order valence-electron chi connectivity index (χ1n) is 8.09. The van der Waals surface area contributed by atoms with Crippen molar-refractivity contribution in [3.63, 3.8) is 0 Å². The van der Waals surface area contributed by atoms with Gasteiger partial charge in [0.15, 0.2) is 0 Å². The van der Waals surface area contributed by atoms with Crippen LogP contribution in [0.4, 0.5) is 0 Å². The molecular formula is C18H20N4O3S. The first kappa shape index (κ1) is 18.2. The molecule has 0 aliphatic heterocycles. The maximum absolute atomic E-state index is 10.2. The fourth-order valence-electron chi connectivity index (χ4n) is 2.28. The lowest BCUT2D eigenvalue weighted by atomic mass is 10.2. The molecule has 0 saturated heterocycles. The molecule has 0 fully saturated rings. The monoisotopic (exact) mass is 372 g/mol. The van der Waals surface area contributed by atoms with Crippen molar-refractivity contribution in [2.75, 3.05) is 19.5 Å². The zero-order chi connectivity index (χ0) is 18.4. The third-order valence-electron chi connectivity index (χ3n) is 3.69. The fourth-order valence-corrected chi connectivity index (χ4v) is 3.07. The van der Waals surface area contributed by atoms with Gasteiger partial charge in [0.2, 0.25) is 5.16 Å². The number of benzene rings is 2. The van der Waals surface area contributed by atoms with Crippen LogP contribution in [0.15, 0.2) is 53.7 Å². The summed E-state index contributed by atoms with van der Waals surface area (Å²) in [7, 11) is 1.62. The molecule has 2 aromatic carbocycles. The molecule has 0 unspecified atom stereocenters. The lowest BCUT2D eigenvalue weighted by molar-refractivity contribution is 0.126. The molecule has 7 nitrogen and oxygen atoms in total. The highest BCUT2D eigenvalue weighted by molar-refractivity contribution is 7.99. The molecule has 0 aliphatic carbocycles. The number of para-hydroxylation sites is 1. The second-order valence-electron chi connectivity index (χ2n) is 5.61. The minimum atomic E-state index is -0.638. The number of hydrogen-bond donors (Lipinski definition) is 1. The molecule has 0 saturated carbocycles. The van der Waals surface area contributed by atoms with Gasteiger partial charge in [0.1, 0.15) is 18.1 Å². The van der Waals surface area contributed by atoms with Gasteiger partial charge in [-0.25, -0.2) is 0 Å². The summed E-state index contributed by atoms with van der Waals surface area (Å²) in [6.45, 7) is 2.18. The van der Waals surface area contributed by atoms with Gasteiger partial charge in [-0.15, -0.1) is 5.10 Å². The quantitative estimate of drug-likeness (QED) is 0.608. The van der Waals surface area contributed by atoms with E-state index in [1.54, 1.807) is 11.8 Å². The first-order chi connectivity index (χ1) is 12.7. The lowest BCUT2D eigenvalue weighted by Gasteiger charge is -2.13. The molecule has 26 heavy (non-hydrogen) atoms. The van der Waals surface area contributed by atoms with E-state index in [2.05, 4.69) is 15.5 Å². The van der Waals surface area contributed by atoms with Gasteiger partial charge in [0.25, 0.3) is 0 Å². The highest BCUT2D eigenvalue weighted by atomic mass is 32.2. The summed E-state index contributed by atoms with van der Waals surface area (Å²) in [4.78, 5) is 0. The van der Waals surface area contributed by atoms with Crippen LogP contribution in [0.25, 0.3) is 5.69 Å². The Labute approximate surface area is 155 Å². The smallest absolute Gasteiger partial charge is 0.214 e. The molecular weight excluding hydrogens is 352 g/mol. The predicted molar refractivity (Wildman–Crippen MR) is 99.1 cm³/mol. The fraction of sp³-hybridized carbons (Fsp3) is 0.278. The molecule has 0 amide bonds. The summed E-state index contributed by atoms with van der Waals surface area (Å²) in [5, 5.41) is 22.5. The van der Waals surface area contributed by atoms with Crippen molar-refractivity contribution in [2.45, 2.75) is 18.2 Å². The molecule has 8 heteroatoms. The van der Waals surface area contributed by atoms with Crippen LogP contribution < -0.4 is 9.47 Å². The number of tetrazole rings is 1. The number of nitrogens with zero attached hydrogens (tertiary/aromatic N) is 4. The van der Waals surface area contributed by atoms with E-state index in [1.165, 1.54) is 11.8 Å². The third kappa shape index (κ3) is 4.53. The van der Waals surface area contributed by atoms with E-state index in [-0.39, 0.29) is 6.61 Å². The van der Waals surface area contributed by atoms with Gasteiger partial charge >= 0.3 is 0 Å². The molecule has 1 N–H and O–H groups in total. The number of methoxy groups -OCH3 is 1. The van der Waals surface area contributed by atoms with Crippen LogP contribution in [0.2, 0.25) is 0 Å². The minimum absolute atomic E-state index is 0.210. The standard InChI is InChI=1S/C18H20N4O3S/c1-13-5-3-4-6-17(13)25-11-15(23)12-26-18-19-20-21-22(18)14-7-9-16(24-2)10-8-14/h3-10,15,23H,11-12H2,1-2H3/t15-/m0/s1. The van der Waals surface area contributed by atoms with Crippen molar-refractivity contribution >= 4 is 11.8 Å². The van der Waals surface area contributed by atoms with Gasteiger partial charge in [0.05, 0.1) is 18.9 Å². The highest BCUT2D eigenvalue weighted by Crippen LogP contribution is 2.21. The van der Waals surface area contributed by atoms with Crippen molar-refractivity contribution in [1.82, 2.24) is 20.2 Å². The Balaban J connectivity index is 1.56. The Bertz CT molecular complexity index is 838. The van der Waals surface area contributed by atoms with Crippen LogP contribution >= 0.6 is 11.8 Å². The summed E-state index contributed by atoms with van der Waals surface area (Å²) < 4.78 is 12.5. The Morgan fingerprint density at radius 3 is 2.65 bits per heavy atom. The first-order valence-corrected chi connectivity index (χ1v) is 9.08. The lowest BCUT2D eigenvalue weighted by Crippen LogP contribution is -2.20. The van der Waals surface area contributed by atoms with Gasteiger partial charge in [-0.05, 0) is 53.2 Å².